The van der Waals surface area contributed by atoms with Gasteiger partial charge in [0.25, 0.3) is 5.91 Å². The molecule has 1 amide bonds. The standard InChI is InChI=1S/C16H24N2O3/c1-11(2)15-10-18(6-5-17-15)16(19)12-7-13(20-3)9-14(8-12)21-4/h7-9,11,15,17H,5-6,10H2,1-4H3. The van der Waals surface area contributed by atoms with E-state index < -0.39 is 0 Å². The summed E-state index contributed by atoms with van der Waals surface area (Å²) in [4.78, 5) is 14.6. The molecule has 1 unspecified atom stereocenters. The average Bonchev–Trinajstić information content (AvgIpc) is 2.53. The van der Waals surface area contributed by atoms with E-state index in [0.717, 1.165) is 19.6 Å². The maximum Gasteiger partial charge on any atom is 0.254 e. The topological polar surface area (TPSA) is 50.8 Å². The fourth-order valence-electron chi connectivity index (χ4n) is 2.52. The first-order valence-corrected chi connectivity index (χ1v) is 7.31. The van der Waals surface area contributed by atoms with Gasteiger partial charge in [0, 0.05) is 37.3 Å². The maximum atomic E-state index is 12.7. The molecule has 1 atom stereocenters. The van der Waals surface area contributed by atoms with Gasteiger partial charge in [0.2, 0.25) is 0 Å². The molecule has 1 N–H and O–H groups in total. The SMILES string of the molecule is COc1cc(OC)cc(C(=O)N2CCNC(C(C)C)C2)c1. The Morgan fingerprint density at radius 1 is 1.24 bits per heavy atom. The lowest BCUT2D eigenvalue weighted by Gasteiger charge is -2.35. The molecule has 1 fully saturated rings. The smallest absolute Gasteiger partial charge is 0.254 e. The molecule has 5 nitrogen and oxygen atoms in total. The second-order valence-electron chi connectivity index (χ2n) is 5.66. The number of hydrogen-bond acceptors (Lipinski definition) is 4. The summed E-state index contributed by atoms with van der Waals surface area (Å²) < 4.78 is 10.5. The molecular weight excluding hydrogens is 268 g/mol. The lowest BCUT2D eigenvalue weighted by atomic mass is 10.0. The molecule has 116 valence electrons. The van der Waals surface area contributed by atoms with E-state index in [4.69, 9.17) is 9.47 Å². The van der Waals surface area contributed by atoms with Crippen LogP contribution < -0.4 is 14.8 Å². The number of carbonyl (C=O) groups is 1. The van der Waals surface area contributed by atoms with E-state index in [9.17, 15) is 4.79 Å². The Morgan fingerprint density at radius 2 is 1.86 bits per heavy atom. The number of ether oxygens (including phenoxy) is 2. The van der Waals surface area contributed by atoms with Gasteiger partial charge >= 0.3 is 0 Å². The average molecular weight is 292 g/mol. The van der Waals surface area contributed by atoms with Crippen molar-refractivity contribution < 1.29 is 14.3 Å². The van der Waals surface area contributed by atoms with E-state index in [1.54, 1.807) is 32.4 Å². The first-order chi connectivity index (χ1) is 10.0. The Bertz CT molecular complexity index is 480. The van der Waals surface area contributed by atoms with Crippen molar-refractivity contribution in [3.8, 4) is 11.5 Å². The second kappa shape index (κ2) is 6.80. The number of carbonyl (C=O) groups excluding carboxylic acids is 1. The number of rotatable bonds is 4. The monoisotopic (exact) mass is 292 g/mol. The van der Waals surface area contributed by atoms with Gasteiger partial charge in [0.15, 0.2) is 0 Å². The first kappa shape index (κ1) is 15.6. The van der Waals surface area contributed by atoms with E-state index in [1.807, 2.05) is 4.90 Å². The molecule has 21 heavy (non-hydrogen) atoms. The summed E-state index contributed by atoms with van der Waals surface area (Å²) in [6.07, 6.45) is 0. The van der Waals surface area contributed by atoms with Crippen LogP contribution >= 0.6 is 0 Å². The fraction of sp³-hybridized carbons (Fsp3) is 0.562. The van der Waals surface area contributed by atoms with Crippen LogP contribution in [0.4, 0.5) is 0 Å². The minimum absolute atomic E-state index is 0.0272. The highest BCUT2D eigenvalue weighted by Gasteiger charge is 2.26. The minimum Gasteiger partial charge on any atom is -0.497 e. The third-order valence-electron chi connectivity index (χ3n) is 3.90. The Labute approximate surface area is 126 Å². The summed E-state index contributed by atoms with van der Waals surface area (Å²) in [6.45, 7) is 6.62. The van der Waals surface area contributed by atoms with Crippen LogP contribution in [0, 0.1) is 5.92 Å². The van der Waals surface area contributed by atoms with E-state index in [-0.39, 0.29) is 5.91 Å². The van der Waals surface area contributed by atoms with E-state index in [1.165, 1.54) is 0 Å². The second-order valence-corrected chi connectivity index (χ2v) is 5.66. The third kappa shape index (κ3) is 3.67. The fourth-order valence-corrected chi connectivity index (χ4v) is 2.52. The van der Waals surface area contributed by atoms with Crippen LogP contribution in [0.15, 0.2) is 18.2 Å². The highest BCUT2D eigenvalue weighted by Crippen LogP contribution is 2.24. The van der Waals surface area contributed by atoms with Gasteiger partial charge in [-0.3, -0.25) is 4.79 Å². The molecule has 0 aromatic heterocycles. The van der Waals surface area contributed by atoms with Gasteiger partial charge in [-0.1, -0.05) is 13.8 Å². The van der Waals surface area contributed by atoms with Crippen LogP contribution in [0.2, 0.25) is 0 Å². The summed E-state index contributed by atoms with van der Waals surface area (Å²) in [6, 6.07) is 5.63. The molecule has 0 aliphatic carbocycles. The minimum atomic E-state index is 0.0272. The Kier molecular flexibility index (Phi) is 5.07. The predicted octanol–water partition coefficient (Wildman–Crippen LogP) is 1.77. The maximum absolute atomic E-state index is 12.7. The van der Waals surface area contributed by atoms with E-state index >= 15 is 0 Å². The molecular formula is C16H24N2O3. The molecule has 1 aliphatic rings. The van der Waals surface area contributed by atoms with Gasteiger partial charge in [0.05, 0.1) is 14.2 Å². The first-order valence-electron chi connectivity index (χ1n) is 7.31. The number of methoxy groups -OCH3 is 2. The van der Waals surface area contributed by atoms with Crippen molar-refractivity contribution in [1.82, 2.24) is 10.2 Å². The number of nitrogens with one attached hydrogen (secondary N) is 1. The summed E-state index contributed by atoms with van der Waals surface area (Å²) in [7, 11) is 3.17. The Hall–Kier alpha value is -1.75. The molecule has 1 aliphatic heterocycles. The van der Waals surface area contributed by atoms with Crippen molar-refractivity contribution >= 4 is 5.91 Å². The van der Waals surface area contributed by atoms with Crippen LogP contribution in [0.1, 0.15) is 24.2 Å². The number of amides is 1. The molecule has 0 spiro atoms. The van der Waals surface area contributed by atoms with Crippen molar-refractivity contribution in [3.05, 3.63) is 23.8 Å². The zero-order valence-electron chi connectivity index (χ0n) is 13.2. The molecule has 2 rings (SSSR count). The summed E-state index contributed by atoms with van der Waals surface area (Å²) >= 11 is 0. The van der Waals surface area contributed by atoms with Gasteiger partial charge in [-0.25, -0.2) is 0 Å². The molecule has 0 bridgehead atoms. The van der Waals surface area contributed by atoms with Crippen molar-refractivity contribution in [2.24, 2.45) is 5.92 Å². The normalized spacial score (nSPS) is 18.7. The van der Waals surface area contributed by atoms with Crippen LogP contribution in [-0.4, -0.2) is 50.7 Å². The summed E-state index contributed by atoms with van der Waals surface area (Å²) in [5, 5.41) is 3.46. The molecule has 1 aromatic rings. The largest absolute Gasteiger partial charge is 0.497 e. The molecule has 1 saturated heterocycles. The highest BCUT2D eigenvalue weighted by molar-refractivity contribution is 5.95. The van der Waals surface area contributed by atoms with Gasteiger partial charge in [-0.15, -0.1) is 0 Å². The zero-order chi connectivity index (χ0) is 15.4. The van der Waals surface area contributed by atoms with Crippen molar-refractivity contribution in [3.63, 3.8) is 0 Å². The lowest BCUT2D eigenvalue weighted by molar-refractivity contribution is 0.0683. The summed E-state index contributed by atoms with van der Waals surface area (Å²) in [5.41, 5.74) is 0.607. The number of benzene rings is 1. The number of piperazine rings is 1. The molecule has 0 radical (unpaired) electrons. The van der Waals surface area contributed by atoms with Crippen molar-refractivity contribution in [1.29, 1.82) is 0 Å². The third-order valence-corrected chi connectivity index (χ3v) is 3.90. The van der Waals surface area contributed by atoms with Gasteiger partial charge in [-0.2, -0.15) is 0 Å². The number of nitrogens with zero attached hydrogens (tertiary/aromatic N) is 1. The van der Waals surface area contributed by atoms with Crippen LogP contribution in [-0.2, 0) is 0 Å². The van der Waals surface area contributed by atoms with Gasteiger partial charge < -0.3 is 19.7 Å². The predicted molar refractivity (Wildman–Crippen MR) is 82.1 cm³/mol. The molecule has 1 aromatic carbocycles. The quantitative estimate of drug-likeness (QED) is 0.919. The van der Waals surface area contributed by atoms with Crippen LogP contribution in [0.3, 0.4) is 0 Å². The molecule has 0 saturated carbocycles. The Balaban J connectivity index is 2.19. The Morgan fingerprint density at radius 3 is 2.38 bits per heavy atom. The molecule has 1 heterocycles. The highest BCUT2D eigenvalue weighted by atomic mass is 16.5. The number of hydrogen-bond donors (Lipinski definition) is 1. The van der Waals surface area contributed by atoms with E-state index in [2.05, 4.69) is 19.2 Å². The van der Waals surface area contributed by atoms with Crippen LogP contribution in [0.25, 0.3) is 0 Å². The molecule has 5 heteroatoms. The van der Waals surface area contributed by atoms with Gasteiger partial charge in [0.1, 0.15) is 11.5 Å². The van der Waals surface area contributed by atoms with Crippen LogP contribution in [0.5, 0.6) is 11.5 Å². The summed E-state index contributed by atoms with van der Waals surface area (Å²) in [5.74, 6) is 1.79. The lowest BCUT2D eigenvalue weighted by Crippen LogP contribution is -2.54. The van der Waals surface area contributed by atoms with E-state index in [0.29, 0.717) is 29.0 Å². The van der Waals surface area contributed by atoms with Crippen molar-refractivity contribution in [2.45, 2.75) is 19.9 Å². The van der Waals surface area contributed by atoms with Crippen molar-refractivity contribution in [2.75, 3.05) is 33.9 Å². The zero-order valence-corrected chi connectivity index (χ0v) is 13.2. The van der Waals surface area contributed by atoms with Gasteiger partial charge in [-0.05, 0) is 18.1 Å².